The van der Waals surface area contributed by atoms with E-state index in [1.807, 2.05) is 0 Å². The summed E-state index contributed by atoms with van der Waals surface area (Å²) in [5, 5.41) is 11.4. The Bertz CT molecular complexity index is 716. The topological polar surface area (TPSA) is 69.4 Å². The van der Waals surface area contributed by atoms with Gasteiger partial charge in [0.2, 0.25) is 0 Å². The summed E-state index contributed by atoms with van der Waals surface area (Å²) in [7, 11) is 1.28. The van der Waals surface area contributed by atoms with Crippen LogP contribution in [0.1, 0.15) is 17.0 Å². The monoisotopic (exact) mass is 339 g/mol. The number of benzene rings is 2. The molecule has 0 bridgehead atoms. The van der Waals surface area contributed by atoms with Crippen molar-refractivity contribution >= 4 is 34.9 Å². The fourth-order valence-corrected chi connectivity index (χ4v) is 2.37. The highest BCUT2D eigenvalue weighted by molar-refractivity contribution is 6.42. The molecule has 1 atom stereocenters. The summed E-state index contributed by atoms with van der Waals surface area (Å²) in [5.74, 6) is -1.23. The van der Waals surface area contributed by atoms with E-state index in [1.54, 1.807) is 18.2 Å². The molecule has 0 fully saturated rings. The Kier molecular flexibility index (Phi) is 5.00. The summed E-state index contributed by atoms with van der Waals surface area (Å²) in [6, 6.07) is 10.5. The lowest BCUT2D eigenvalue weighted by Crippen LogP contribution is -2.15. The van der Waals surface area contributed by atoms with Gasteiger partial charge in [-0.25, -0.2) is 0 Å². The molecule has 0 aliphatic carbocycles. The predicted molar refractivity (Wildman–Crippen MR) is 83.4 cm³/mol. The zero-order valence-corrected chi connectivity index (χ0v) is 13.0. The first-order chi connectivity index (χ1) is 10.4. The SMILES string of the molecule is COC(=O)[C@H](c1ccc([N+](=O)[O-])cc1)c1ccc(Cl)c(Cl)c1. The number of carbonyl (C=O) groups excluding carboxylic acids is 1. The number of nitro groups is 1. The van der Waals surface area contributed by atoms with Crippen LogP contribution in [0.5, 0.6) is 0 Å². The van der Waals surface area contributed by atoms with Gasteiger partial charge in [-0.15, -0.1) is 0 Å². The number of non-ortho nitro benzene ring substituents is 1. The third-order valence-electron chi connectivity index (χ3n) is 3.15. The number of nitro benzene ring substituents is 1. The molecule has 0 heterocycles. The summed E-state index contributed by atoms with van der Waals surface area (Å²) in [6.45, 7) is 0. The Morgan fingerprint density at radius 1 is 1.09 bits per heavy atom. The second kappa shape index (κ2) is 6.77. The molecule has 7 heteroatoms. The van der Waals surface area contributed by atoms with Crippen molar-refractivity contribution in [3.63, 3.8) is 0 Å². The van der Waals surface area contributed by atoms with Crippen LogP contribution in [0.15, 0.2) is 42.5 Å². The third kappa shape index (κ3) is 3.37. The Balaban J connectivity index is 2.48. The van der Waals surface area contributed by atoms with Crippen molar-refractivity contribution in [2.75, 3.05) is 7.11 Å². The van der Waals surface area contributed by atoms with Crippen molar-refractivity contribution in [2.24, 2.45) is 0 Å². The third-order valence-corrected chi connectivity index (χ3v) is 3.89. The van der Waals surface area contributed by atoms with Crippen LogP contribution >= 0.6 is 23.2 Å². The average Bonchev–Trinajstić information content (AvgIpc) is 2.51. The van der Waals surface area contributed by atoms with Gasteiger partial charge < -0.3 is 4.74 Å². The Morgan fingerprint density at radius 2 is 1.68 bits per heavy atom. The first-order valence-electron chi connectivity index (χ1n) is 6.21. The van der Waals surface area contributed by atoms with Gasteiger partial charge in [-0.2, -0.15) is 0 Å². The molecule has 114 valence electrons. The summed E-state index contributed by atoms with van der Waals surface area (Å²) in [6.07, 6.45) is 0. The molecule has 0 aromatic heterocycles. The molecule has 0 amide bonds. The van der Waals surface area contributed by atoms with E-state index in [4.69, 9.17) is 27.9 Å². The van der Waals surface area contributed by atoms with Gasteiger partial charge in [0, 0.05) is 12.1 Å². The first kappa shape index (κ1) is 16.3. The molecule has 2 aromatic rings. The minimum Gasteiger partial charge on any atom is -0.468 e. The Labute approximate surface area is 136 Å². The number of nitrogens with zero attached hydrogens (tertiary/aromatic N) is 1. The highest BCUT2D eigenvalue weighted by Gasteiger charge is 2.25. The van der Waals surface area contributed by atoms with Crippen molar-refractivity contribution < 1.29 is 14.5 Å². The van der Waals surface area contributed by atoms with Gasteiger partial charge in [0.05, 0.1) is 22.1 Å². The van der Waals surface area contributed by atoms with Crippen molar-refractivity contribution in [2.45, 2.75) is 5.92 Å². The van der Waals surface area contributed by atoms with Gasteiger partial charge in [-0.1, -0.05) is 41.4 Å². The number of halogens is 2. The number of esters is 1. The van der Waals surface area contributed by atoms with Crippen LogP contribution in [-0.4, -0.2) is 18.0 Å². The van der Waals surface area contributed by atoms with Crippen molar-refractivity contribution in [1.29, 1.82) is 0 Å². The Morgan fingerprint density at radius 3 is 2.18 bits per heavy atom. The lowest BCUT2D eigenvalue weighted by Gasteiger charge is -2.16. The van der Waals surface area contributed by atoms with Crippen LogP contribution in [0, 0.1) is 10.1 Å². The molecule has 0 saturated heterocycles. The van der Waals surface area contributed by atoms with Gasteiger partial charge in [0.1, 0.15) is 5.92 Å². The normalized spacial score (nSPS) is 11.8. The van der Waals surface area contributed by atoms with Gasteiger partial charge in [-0.05, 0) is 23.3 Å². The van der Waals surface area contributed by atoms with E-state index in [0.29, 0.717) is 21.2 Å². The standard InChI is InChI=1S/C15H11Cl2NO4/c1-22-15(19)14(10-4-7-12(16)13(17)8-10)9-2-5-11(6-3-9)18(20)21/h2-8,14H,1H3/t14-/m1/s1. The van der Waals surface area contributed by atoms with Gasteiger partial charge >= 0.3 is 5.97 Å². The minimum absolute atomic E-state index is 0.0542. The van der Waals surface area contributed by atoms with E-state index < -0.39 is 16.8 Å². The number of hydrogen-bond donors (Lipinski definition) is 0. The minimum atomic E-state index is -0.736. The predicted octanol–water partition coefficient (Wildman–Crippen LogP) is 4.21. The van der Waals surface area contributed by atoms with Gasteiger partial charge in [-0.3, -0.25) is 14.9 Å². The first-order valence-corrected chi connectivity index (χ1v) is 6.96. The molecule has 0 aliphatic rings. The quantitative estimate of drug-likeness (QED) is 0.475. The molecule has 0 saturated carbocycles. The fraction of sp³-hybridized carbons (Fsp3) is 0.133. The van der Waals surface area contributed by atoms with Crippen LogP contribution in [0.4, 0.5) is 5.69 Å². The number of rotatable bonds is 4. The maximum absolute atomic E-state index is 12.1. The second-order valence-electron chi connectivity index (χ2n) is 4.48. The molecular formula is C15H11Cl2NO4. The van der Waals surface area contributed by atoms with Crippen LogP contribution in [-0.2, 0) is 9.53 Å². The highest BCUT2D eigenvalue weighted by Crippen LogP contribution is 2.32. The zero-order valence-electron chi connectivity index (χ0n) is 11.5. The van der Waals surface area contributed by atoms with E-state index >= 15 is 0 Å². The van der Waals surface area contributed by atoms with E-state index in [2.05, 4.69) is 0 Å². The van der Waals surface area contributed by atoms with Gasteiger partial charge in [0.15, 0.2) is 0 Å². The van der Waals surface area contributed by atoms with Crippen LogP contribution in [0.2, 0.25) is 10.0 Å². The zero-order chi connectivity index (χ0) is 16.3. The molecule has 0 unspecified atom stereocenters. The molecule has 22 heavy (non-hydrogen) atoms. The summed E-state index contributed by atoms with van der Waals surface area (Å²) in [4.78, 5) is 22.3. The van der Waals surface area contributed by atoms with E-state index in [1.165, 1.54) is 31.4 Å². The number of hydrogen-bond acceptors (Lipinski definition) is 4. The number of carbonyl (C=O) groups is 1. The van der Waals surface area contributed by atoms with Gasteiger partial charge in [0.25, 0.3) is 5.69 Å². The molecule has 0 aliphatic heterocycles. The van der Waals surface area contributed by atoms with Crippen LogP contribution in [0.3, 0.4) is 0 Å². The lowest BCUT2D eigenvalue weighted by atomic mass is 9.91. The second-order valence-corrected chi connectivity index (χ2v) is 5.29. The number of methoxy groups -OCH3 is 1. The summed E-state index contributed by atoms with van der Waals surface area (Å²) in [5.41, 5.74) is 1.10. The average molecular weight is 340 g/mol. The van der Waals surface area contributed by atoms with Crippen LogP contribution < -0.4 is 0 Å². The van der Waals surface area contributed by atoms with Crippen molar-refractivity contribution in [3.05, 3.63) is 73.8 Å². The molecule has 2 aromatic carbocycles. The summed E-state index contributed by atoms with van der Waals surface area (Å²) >= 11 is 11.9. The smallest absolute Gasteiger partial charge is 0.317 e. The highest BCUT2D eigenvalue weighted by atomic mass is 35.5. The van der Waals surface area contributed by atoms with E-state index in [-0.39, 0.29) is 5.69 Å². The maximum Gasteiger partial charge on any atom is 0.317 e. The van der Waals surface area contributed by atoms with Crippen molar-refractivity contribution in [1.82, 2.24) is 0 Å². The Hall–Kier alpha value is -2.11. The summed E-state index contributed by atoms with van der Waals surface area (Å²) < 4.78 is 4.82. The lowest BCUT2D eigenvalue weighted by molar-refractivity contribution is -0.384. The van der Waals surface area contributed by atoms with E-state index in [9.17, 15) is 14.9 Å². The molecule has 0 N–H and O–H groups in total. The molecular weight excluding hydrogens is 329 g/mol. The number of ether oxygens (including phenoxy) is 1. The molecule has 5 nitrogen and oxygen atoms in total. The fourth-order valence-electron chi connectivity index (χ4n) is 2.06. The molecule has 0 spiro atoms. The van der Waals surface area contributed by atoms with Crippen LogP contribution in [0.25, 0.3) is 0 Å². The van der Waals surface area contributed by atoms with Crippen molar-refractivity contribution in [3.8, 4) is 0 Å². The van der Waals surface area contributed by atoms with E-state index in [0.717, 1.165) is 0 Å². The largest absolute Gasteiger partial charge is 0.468 e. The molecule has 2 rings (SSSR count). The maximum atomic E-state index is 12.1. The molecule has 0 radical (unpaired) electrons.